The molecule has 1 amide bonds. The zero-order valence-electron chi connectivity index (χ0n) is 15.2. The average molecular weight is 397 g/mol. The number of amides is 1. The molecule has 0 fully saturated rings. The molecular formula is C20H19N3O4S. The van der Waals surface area contributed by atoms with Crippen LogP contribution in [0.3, 0.4) is 0 Å². The van der Waals surface area contributed by atoms with Gasteiger partial charge in [0.1, 0.15) is 5.75 Å². The van der Waals surface area contributed by atoms with Crippen molar-refractivity contribution in [3.05, 3.63) is 72.6 Å². The first-order valence-corrected chi connectivity index (χ1v) is 10.3. The van der Waals surface area contributed by atoms with Gasteiger partial charge >= 0.3 is 6.01 Å². The number of carbonyl (C=O) groups is 1. The van der Waals surface area contributed by atoms with Gasteiger partial charge in [0.25, 0.3) is 5.91 Å². The second kappa shape index (κ2) is 8.62. The van der Waals surface area contributed by atoms with Gasteiger partial charge in [-0.15, -0.1) is 0 Å². The molecule has 1 N–H and O–H groups in total. The summed E-state index contributed by atoms with van der Waals surface area (Å²) in [7, 11) is -3.51. The van der Waals surface area contributed by atoms with E-state index in [2.05, 4.69) is 15.3 Å². The van der Waals surface area contributed by atoms with Crippen LogP contribution in [0.5, 0.6) is 11.8 Å². The Labute approximate surface area is 163 Å². The van der Waals surface area contributed by atoms with Crippen LogP contribution in [-0.2, 0) is 9.84 Å². The monoisotopic (exact) mass is 397 g/mol. The summed E-state index contributed by atoms with van der Waals surface area (Å²) >= 11 is 0. The summed E-state index contributed by atoms with van der Waals surface area (Å²) in [6.45, 7) is 1.78. The predicted molar refractivity (Wildman–Crippen MR) is 105 cm³/mol. The van der Waals surface area contributed by atoms with Crippen molar-refractivity contribution in [3.63, 3.8) is 0 Å². The molecule has 1 heterocycles. The number of benzene rings is 2. The second-order valence-corrected chi connectivity index (χ2v) is 8.00. The summed E-state index contributed by atoms with van der Waals surface area (Å²) in [4.78, 5) is 20.6. The van der Waals surface area contributed by atoms with E-state index in [1.54, 1.807) is 61.8 Å². The zero-order chi connectivity index (χ0) is 20.0. The van der Waals surface area contributed by atoms with E-state index in [0.717, 1.165) is 0 Å². The van der Waals surface area contributed by atoms with Gasteiger partial charge in [-0.05, 0) is 48.9 Å². The quantitative estimate of drug-likeness (QED) is 0.653. The number of carbonyl (C=O) groups excluding carboxylic acids is 1. The minimum Gasteiger partial charge on any atom is -0.424 e. The van der Waals surface area contributed by atoms with Gasteiger partial charge in [0.05, 0.1) is 16.2 Å². The Morgan fingerprint density at radius 3 is 2.36 bits per heavy atom. The lowest BCUT2D eigenvalue weighted by atomic mass is 10.2. The minimum atomic E-state index is -3.51. The van der Waals surface area contributed by atoms with Gasteiger partial charge in [-0.3, -0.25) is 4.79 Å². The first-order chi connectivity index (χ1) is 13.5. The zero-order valence-corrected chi connectivity index (χ0v) is 16.0. The first-order valence-electron chi connectivity index (χ1n) is 8.67. The highest BCUT2D eigenvalue weighted by Crippen LogP contribution is 2.22. The number of nitrogens with one attached hydrogen (secondary N) is 1. The highest BCUT2D eigenvalue weighted by molar-refractivity contribution is 7.91. The van der Waals surface area contributed by atoms with E-state index in [4.69, 9.17) is 4.74 Å². The van der Waals surface area contributed by atoms with Crippen molar-refractivity contribution >= 4 is 21.4 Å². The van der Waals surface area contributed by atoms with Crippen molar-refractivity contribution in [2.75, 3.05) is 11.1 Å². The molecule has 0 aliphatic heterocycles. The molecule has 0 radical (unpaired) electrons. The average Bonchev–Trinajstić information content (AvgIpc) is 2.70. The van der Waals surface area contributed by atoms with E-state index in [1.165, 1.54) is 12.1 Å². The maximum Gasteiger partial charge on any atom is 0.321 e. The summed E-state index contributed by atoms with van der Waals surface area (Å²) in [5.41, 5.74) is 0.628. The summed E-state index contributed by atoms with van der Waals surface area (Å²) in [6, 6.07) is 14.7. The third kappa shape index (κ3) is 4.72. The molecule has 28 heavy (non-hydrogen) atoms. The van der Waals surface area contributed by atoms with Gasteiger partial charge in [-0.2, -0.15) is 0 Å². The van der Waals surface area contributed by atoms with Crippen LogP contribution in [0.1, 0.15) is 23.7 Å². The normalized spacial score (nSPS) is 11.0. The standard InChI is InChI=1S/C20H19N3O4S/c1-2-14-28(25,26)18-7-4-3-6-17(18)19(24)23-15-8-10-16(11-9-15)27-20-21-12-5-13-22-20/h3-13H,2,14H2,1H3,(H,23,24). The molecule has 0 saturated heterocycles. The van der Waals surface area contributed by atoms with Crippen LogP contribution in [0, 0.1) is 0 Å². The maximum atomic E-state index is 12.6. The van der Waals surface area contributed by atoms with Gasteiger partial charge < -0.3 is 10.1 Å². The molecule has 0 saturated carbocycles. The van der Waals surface area contributed by atoms with Gasteiger partial charge in [0.15, 0.2) is 9.84 Å². The first kappa shape index (κ1) is 19.5. The van der Waals surface area contributed by atoms with E-state index in [-0.39, 0.29) is 22.2 Å². The molecule has 3 rings (SSSR count). The molecule has 3 aromatic rings. The van der Waals surface area contributed by atoms with Crippen molar-refractivity contribution in [1.29, 1.82) is 0 Å². The molecule has 2 aromatic carbocycles. The Balaban J connectivity index is 1.75. The largest absolute Gasteiger partial charge is 0.424 e. The SMILES string of the molecule is CCCS(=O)(=O)c1ccccc1C(=O)Nc1ccc(Oc2ncccn2)cc1. The molecule has 144 valence electrons. The van der Waals surface area contributed by atoms with E-state index >= 15 is 0 Å². The van der Waals surface area contributed by atoms with E-state index in [9.17, 15) is 13.2 Å². The topological polar surface area (TPSA) is 98.2 Å². The lowest BCUT2D eigenvalue weighted by Gasteiger charge is -2.11. The molecule has 0 spiro atoms. The molecule has 7 nitrogen and oxygen atoms in total. The van der Waals surface area contributed by atoms with Crippen LogP contribution in [0.25, 0.3) is 0 Å². The highest BCUT2D eigenvalue weighted by Gasteiger charge is 2.21. The molecular weight excluding hydrogens is 378 g/mol. The summed E-state index contributed by atoms with van der Waals surface area (Å²) in [5.74, 6) is 0.00990. The van der Waals surface area contributed by atoms with E-state index in [0.29, 0.717) is 17.9 Å². The number of rotatable bonds is 7. The van der Waals surface area contributed by atoms with E-state index < -0.39 is 15.7 Å². The lowest BCUT2D eigenvalue weighted by Crippen LogP contribution is -2.17. The molecule has 0 aliphatic carbocycles. The van der Waals surface area contributed by atoms with Crippen LogP contribution in [0.2, 0.25) is 0 Å². The van der Waals surface area contributed by atoms with Crippen molar-refractivity contribution < 1.29 is 17.9 Å². The number of anilines is 1. The molecule has 0 unspecified atom stereocenters. The number of aromatic nitrogens is 2. The van der Waals surface area contributed by atoms with Crippen molar-refractivity contribution in [2.24, 2.45) is 0 Å². The fraction of sp³-hybridized carbons (Fsp3) is 0.150. The fourth-order valence-electron chi connectivity index (χ4n) is 2.55. The number of hydrogen-bond acceptors (Lipinski definition) is 6. The lowest BCUT2D eigenvalue weighted by molar-refractivity contribution is 0.102. The van der Waals surface area contributed by atoms with Gasteiger partial charge in [0.2, 0.25) is 0 Å². The Kier molecular flexibility index (Phi) is 6.00. The minimum absolute atomic E-state index is 0.00904. The summed E-state index contributed by atoms with van der Waals surface area (Å²) in [5, 5.41) is 2.71. The second-order valence-electron chi connectivity index (χ2n) is 5.93. The third-order valence-corrected chi connectivity index (χ3v) is 5.77. The number of sulfone groups is 1. The molecule has 0 atom stereocenters. The molecule has 8 heteroatoms. The van der Waals surface area contributed by atoms with Crippen molar-refractivity contribution in [2.45, 2.75) is 18.2 Å². The van der Waals surface area contributed by atoms with Gasteiger partial charge in [-0.1, -0.05) is 19.1 Å². The fourth-order valence-corrected chi connectivity index (χ4v) is 4.09. The van der Waals surface area contributed by atoms with Crippen LogP contribution in [-0.4, -0.2) is 30.0 Å². The number of nitrogens with zero attached hydrogens (tertiary/aromatic N) is 2. The van der Waals surface area contributed by atoms with Crippen LogP contribution in [0.4, 0.5) is 5.69 Å². The number of ether oxygens (including phenoxy) is 1. The number of hydrogen-bond donors (Lipinski definition) is 1. The van der Waals surface area contributed by atoms with Crippen LogP contribution in [0.15, 0.2) is 71.9 Å². The van der Waals surface area contributed by atoms with Crippen LogP contribution >= 0.6 is 0 Å². The molecule has 0 bridgehead atoms. The maximum absolute atomic E-state index is 12.6. The van der Waals surface area contributed by atoms with E-state index in [1.807, 2.05) is 0 Å². The smallest absolute Gasteiger partial charge is 0.321 e. The van der Waals surface area contributed by atoms with Crippen molar-refractivity contribution in [3.8, 4) is 11.8 Å². The highest BCUT2D eigenvalue weighted by atomic mass is 32.2. The van der Waals surface area contributed by atoms with Gasteiger partial charge in [-0.25, -0.2) is 18.4 Å². The Hall–Kier alpha value is -3.26. The Morgan fingerprint density at radius 2 is 1.68 bits per heavy atom. The molecule has 1 aromatic heterocycles. The Bertz CT molecular complexity index is 1050. The van der Waals surface area contributed by atoms with Gasteiger partial charge in [0, 0.05) is 18.1 Å². The van der Waals surface area contributed by atoms with Crippen molar-refractivity contribution in [1.82, 2.24) is 9.97 Å². The third-order valence-electron chi connectivity index (χ3n) is 3.80. The summed E-state index contributed by atoms with van der Waals surface area (Å²) in [6.07, 6.45) is 3.62. The summed E-state index contributed by atoms with van der Waals surface area (Å²) < 4.78 is 30.3. The Morgan fingerprint density at radius 1 is 1.00 bits per heavy atom. The predicted octanol–water partition coefficient (Wildman–Crippen LogP) is 3.70. The molecule has 0 aliphatic rings. The van der Waals surface area contributed by atoms with Crippen LogP contribution < -0.4 is 10.1 Å².